The number of hydrogen-bond acceptors (Lipinski definition) is 4. The van der Waals surface area contributed by atoms with Gasteiger partial charge in [-0.1, -0.05) is 25.6 Å². The van der Waals surface area contributed by atoms with Crippen LogP contribution in [0.25, 0.3) is 6.08 Å². The number of carbonyl (C=O) groups is 2. The second-order valence-corrected chi connectivity index (χ2v) is 4.59. The molecule has 0 amide bonds. The fourth-order valence-electron chi connectivity index (χ4n) is 2.24. The molecule has 1 aromatic rings. The summed E-state index contributed by atoms with van der Waals surface area (Å²) in [7, 11) is 1.35. The van der Waals surface area contributed by atoms with Gasteiger partial charge in [0, 0.05) is 12.0 Å². The summed E-state index contributed by atoms with van der Waals surface area (Å²) < 4.78 is 9.97. The van der Waals surface area contributed by atoms with Crippen molar-refractivity contribution in [2.45, 2.75) is 18.9 Å². The van der Waals surface area contributed by atoms with Crippen molar-refractivity contribution in [1.82, 2.24) is 0 Å². The van der Waals surface area contributed by atoms with Gasteiger partial charge in [0.15, 0.2) is 0 Å². The van der Waals surface area contributed by atoms with Gasteiger partial charge >= 0.3 is 11.9 Å². The van der Waals surface area contributed by atoms with E-state index in [9.17, 15) is 9.59 Å². The highest BCUT2D eigenvalue weighted by Gasteiger charge is 2.25. The molecule has 0 spiro atoms. The molecule has 0 aromatic heterocycles. The minimum absolute atomic E-state index is 0.0191. The quantitative estimate of drug-likeness (QED) is 0.627. The molecule has 2 unspecified atom stereocenters. The Morgan fingerprint density at radius 1 is 1.35 bits per heavy atom. The molecule has 0 heterocycles. The van der Waals surface area contributed by atoms with Crippen molar-refractivity contribution < 1.29 is 19.1 Å². The zero-order chi connectivity index (χ0) is 14.7. The Morgan fingerprint density at radius 3 is 2.75 bits per heavy atom. The summed E-state index contributed by atoms with van der Waals surface area (Å²) in [6.45, 7) is 5.36. The third-order valence-electron chi connectivity index (χ3n) is 3.38. The van der Waals surface area contributed by atoms with E-state index in [2.05, 4.69) is 6.58 Å². The highest BCUT2D eigenvalue weighted by molar-refractivity contribution is 5.90. The average Bonchev–Trinajstić information content (AvgIpc) is 2.48. The van der Waals surface area contributed by atoms with Gasteiger partial charge < -0.3 is 9.47 Å². The van der Waals surface area contributed by atoms with Gasteiger partial charge in [0.05, 0.1) is 12.7 Å². The number of rotatable bonds is 3. The van der Waals surface area contributed by atoms with Crippen LogP contribution >= 0.6 is 0 Å². The van der Waals surface area contributed by atoms with Gasteiger partial charge in [-0.05, 0) is 29.3 Å². The molecule has 0 fully saturated rings. The van der Waals surface area contributed by atoms with Crippen LogP contribution in [0.15, 0.2) is 36.9 Å². The van der Waals surface area contributed by atoms with Crippen LogP contribution in [0.5, 0.6) is 0 Å². The molecule has 104 valence electrons. The lowest BCUT2D eigenvalue weighted by atomic mass is 9.85. The van der Waals surface area contributed by atoms with E-state index in [4.69, 9.17) is 9.47 Å². The van der Waals surface area contributed by atoms with Crippen LogP contribution in [-0.4, -0.2) is 25.2 Å². The molecular formula is C16H16O4. The monoisotopic (exact) mass is 272 g/mol. The SMILES string of the molecule is C=CC(=O)OC1C=Cc2cc(C(=O)OC)ccc2C1C. The molecule has 2 rings (SSSR count). The number of ether oxygens (including phenoxy) is 2. The minimum Gasteiger partial charge on any atom is -0.465 e. The summed E-state index contributed by atoms with van der Waals surface area (Å²) in [6, 6.07) is 5.36. The molecule has 4 nitrogen and oxygen atoms in total. The standard InChI is InChI=1S/C16H16O4/c1-4-15(17)20-14-8-6-11-9-12(16(18)19-3)5-7-13(11)10(14)2/h4-10,14H,1H2,2-3H3. The maximum Gasteiger partial charge on any atom is 0.337 e. The normalized spacial score (nSPS) is 19.9. The van der Waals surface area contributed by atoms with Gasteiger partial charge in [-0.2, -0.15) is 0 Å². The zero-order valence-electron chi connectivity index (χ0n) is 11.5. The Hall–Kier alpha value is -2.36. The smallest absolute Gasteiger partial charge is 0.337 e. The Morgan fingerprint density at radius 2 is 2.10 bits per heavy atom. The van der Waals surface area contributed by atoms with Crippen LogP contribution in [0.4, 0.5) is 0 Å². The topological polar surface area (TPSA) is 52.6 Å². The molecular weight excluding hydrogens is 256 g/mol. The number of fused-ring (bicyclic) bond motifs is 1. The first-order chi connectivity index (χ1) is 9.56. The lowest BCUT2D eigenvalue weighted by molar-refractivity contribution is -0.141. The highest BCUT2D eigenvalue weighted by Crippen LogP contribution is 2.32. The summed E-state index contributed by atoms with van der Waals surface area (Å²) in [6.07, 6.45) is 4.49. The van der Waals surface area contributed by atoms with Crippen LogP contribution < -0.4 is 0 Å². The molecule has 0 radical (unpaired) electrons. The van der Waals surface area contributed by atoms with Crippen LogP contribution in [0.1, 0.15) is 34.3 Å². The zero-order valence-corrected chi connectivity index (χ0v) is 11.5. The molecule has 2 atom stereocenters. The Kier molecular flexibility index (Phi) is 4.03. The predicted molar refractivity (Wildman–Crippen MR) is 75.3 cm³/mol. The fourth-order valence-corrected chi connectivity index (χ4v) is 2.24. The van der Waals surface area contributed by atoms with Crippen molar-refractivity contribution in [1.29, 1.82) is 0 Å². The minimum atomic E-state index is -0.443. The van der Waals surface area contributed by atoms with Crippen molar-refractivity contribution >= 4 is 18.0 Å². The maximum absolute atomic E-state index is 11.5. The summed E-state index contributed by atoms with van der Waals surface area (Å²) in [4.78, 5) is 22.8. The second-order valence-electron chi connectivity index (χ2n) is 4.59. The molecule has 0 saturated carbocycles. The second kappa shape index (κ2) is 5.74. The van der Waals surface area contributed by atoms with Gasteiger partial charge in [-0.15, -0.1) is 0 Å². The van der Waals surface area contributed by atoms with Crippen LogP contribution in [0.2, 0.25) is 0 Å². The highest BCUT2D eigenvalue weighted by atomic mass is 16.5. The summed E-state index contributed by atoms with van der Waals surface area (Å²) in [5.41, 5.74) is 2.47. The number of carbonyl (C=O) groups excluding carboxylic acids is 2. The first-order valence-electron chi connectivity index (χ1n) is 6.30. The van der Waals surface area contributed by atoms with Crippen molar-refractivity contribution in [2.24, 2.45) is 0 Å². The Labute approximate surface area is 117 Å². The average molecular weight is 272 g/mol. The third kappa shape index (κ3) is 2.64. The molecule has 1 aliphatic rings. The van der Waals surface area contributed by atoms with Gasteiger partial charge in [-0.25, -0.2) is 9.59 Å². The van der Waals surface area contributed by atoms with E-state index in [0.29, 0.717) is 5.56 Å². The molecule has 0 bridgehead atoms. The number of esters is 2. The van der Waals surface area contributed by atoms with E-state index in [0.717, 1.165) is 17.2 Å². The third-order valence-corrected chi connectivity index (χ3v) is 3.38. The Balaban J connectivity index is 2.28. The van der Waals surface area contributed by atoms with Gasteiger partial charge in [0.1, 0.15) is 6.10 Å². The molecule has 4 heteroatoms. The number of benzene rings is 1. The van der Waals surface area contributed by atoms with Crippen molar-refractivity contribution in [2.75, 3.05) is 7.11 Å². The first-order valence-corrected chi connectivity index (χ1v) is 6.30. The predicted octanol–water partition coefficient (Wildman–Crippen LogP) is 2.70. The van der Waals surface area contributed by atoms with Crippen LogP contribution in [0.3, 0.4) is 0 Å². The molecule has 0 aliphatic heterocycles. The van der Waals surface area contributed by atoms with E-state index in [-0.39, 0.29) is 18.0 Å². The summed E-state index contributed by atoms with van der Waals surface area (Å²) in [5, 5.41) is 0. The molecule has 1 aliphatic carbocycles. The summed E-state index contributed by atoms with van der Waals surface area (Å²) in [5.74, 6) is -0.791. The first kappa shape index (κ1) is 14.1. The number of hydrogen-bond donors (Lipinski definition) is 0. The van der Waals surface area contributed by atoms with Gasteiger partial charge in [0.2, 0.25) is 0 Å². The maximum atomic E-state index is 11.5. The van der Waals surface area contributed by atoms with Crippen LogP contribution in [0, 0.1) is 0 Å². The molecule has 0 saturated heterocycles. The number of methoxy groups -OCH3 is 1. The van der Waals surface area contributed by atoms with E-state index in [1.165, 1.54) is 7.11 Å². The van der Waals surface area contributed by atoms with Crippen molar-refractivity contribution in [3.05, 3.63) is 53.6 Å². The van der Waals surface area contributed by atoms with Crippen molar-refractivity contribution in [3.8, 4) is 0 Å². The van der Waals surface area contributed by atoms with Crippen molar-refractivity contribution in [3.63, 3.8) is 0 Å². The van der Waals surface area contributed by atoms with E-state index in [1.54, 1.807) is 12.1 Å². The van der Waals surface area contributed by atoms with Gasteiger partial charge in [0.25, 0.3) is 0 Å². The Bertz CT molecular complexity index is 586. The molecule has 20 heavy (non-hydrogen) atoms. The lowest BCUT2D eigenvalue weighted by Crippen LogP contribution is -2.24. The van der Waals surface area contributed by atoms with E-state index >= 15 is 0 Å². The molecule has 0 N–H and O–H groups in total. The summed E-state index contributed by atoms with van der Waals surface area (Å²) >= 11 is 0. The van der Waals surface area contributed by atoms with Gasteiger partial charge in [-0.3, -0.25) is 0 Å². The van der Waals surface area contributed by atoms with E-state index in [1.807, 2.05) is 25.1 Å². The molecule has 1 aromatic carbocycles. The largest absolute Gasteiger partial charge is 0.465 e. The van der Waals surface area contributed by atoms with Crippen LogP contribution in [-0.2, 0) is 14.3 Å². The van der Waals surface area contributed by atoms with E-state index < -0.39 is 5.97 Å². The fraction of sp³-hybridized carbons (Fsp3) is 0.250. The lowest BCUT2D eigenvalue weighted by Gasteiger charge is -2.26.